The third-order valence-electron chi connectivity index (χ3n) is 4.19. The lowest BCUT2D eigenvalue weighted by Gasteiger charge is -2.03. The molecule has 2 heterocycles. The van der Waals surface area contributed by atoms with E-state index in [0.717, 1.165) is 7.11 Å². The Hall–Kier alpha value is -3.12. The summed E-state index contributed by atoms with van der Waals surface area (Å²) in [5.74, 6) is -1.66. The van der Waals surface area contributed by atoms with E-state index in [4.69, 9.17) is 0 Å². The molecule has 0 spiro atoms. The van der Waals surface area contributed by atoms with Crippen molar-refractivity contribution in [3.05, 3.63) is 35.9 Å². The van der Waals surface area contributed by atoms with E-state index in [0.29, 0.717) is 23.6 Å². The Morgan fingerprint density at radius 2 is 1.50 bits per heavy atom. The summed E-state index contributed by atoms with van der Waals surface area (Å²) in [5, 5.41) is 7.94. The van der Waals surface area contributed by atoms with Crippen LogP contribution in [-0.4, -0.2) is 54.7 Å². The van der Waals surface area contributed by atoms with E-state index in [-0.39, 0.29) is 18.0 Å². The Morgan fingerprint density at radius 1 is 0.967 bits per heavy atom. The number of carbonyl (C=O) groups excluding carboxylic acids is 3. The first kappa shape index (κ1) is 23.2. The second-order valence-corrected chi connectivity index (χ2v) is 8.35. The highest BCUT2D eigenvalue weighted by Crippen LogP contribution is 2.17. The second kappa shape index (κ2) is 9.59. The molecule has 0 saturated heterocycles. The zero-order valence-corrected chi connectivity index (χ0v) is 18.0. The molecule has 12 heteroatoms. The summed E-state index contributed by atoms with van der Waals surface area (Å²) in [5.41, 5.74) is 1.45. The minimum absolute atomic E-state index is 0.250. The Morgan fingerprint density at radius 3 is 2.03 bits per heavy atom. The van der Waals surface area contributed by atoms with Crippen LogP contribution in [0, 0.1) is 0 Å². The van der Waals surface area contributed by atoms with Gasteiger partial charge in [0.05, 0.1) is 24.2 Å². The maximum atomic E-state index is 12.6. The topological polar surface area (TPSA) is 141 Å². The number of hydrogen-bond donors (Lipinski definition) is 3. The lowest BCUT2D eigenvalue weighted by molar-refractivity contribution is -0.115. The molecule has 2 rings (SSSR count). The fourth-order valence-corrected chi connectivity index (χ4v) is 3.29. The summed E-state index contributed by atoms with van der Waals surface area (Å²) in [4.78, 5) is 36.5. The number of hydrogen-bond acceptors (Lipinski definition) is 6. The molecule has 0 saturated carbocycles. The van der Waals surface area contributed by atoms with Crippen LogP contribution >= 0.6 is 0 Å². The van der Waals surface area contributed by atoms with Crippen molar-refractivity contribution >= 4 is 39.2 Å². The average Bonchev–Trinajstić information content (AvgIpc) is 3.22. The highest BCUT2D eigenvalue weighted by Gasteiger charge is 2.17. The van der Waals surface area contributed by atoms with E-state index in [1.807, 2.05) is 6.92 Å². The molecule has 3 N–H and O–H groups in total. The molecule has 3 amide bonds. The zero-order chi connectivity index (χ0) is 22.5. The van der Waals surface area contributed by atoms with E-state index >= 15 is 0 Å². The third kappa shape index (κ3) is 5.94. The highest BCUT2D eigenvalue weighted by molar-refractivity contribution is 7.86. The molecule has 0 aliphatic carbocycles. The molecular weight excluding hydrogens is 414 g/mol. The maximum Gasteiger partial charge on any atom is 0.272 e. The van der Waals surface area contributed by atoms with Crippen LogP contribution in [0.5, 0.6) is 0 Å². The summed E-state index contributed by atoms with van der Waals surface area (Å²) < 4.78 is 30.0. The van der Waals surface area contributed by atoms with Gasteiger partial charge in [-0.1, -0.05) is 0 Å². The fraction of sp³-hybridized carbons (Fsp3) is 0.389. The van der Waals surface area contributed by atoms with Crippen molar-refractivity contribution in [2.24, 2.45) is 14.1 Å². The quantitative estimate of drug-likeness (QED) is 0.491. The Bertz CT molecular complexity index is 1050. The normalized spacial score (nSPS) is 11.2. The monoisotopic (exact) mass is 439 g/mol. The molecule has 0 atom stereocenters. The van der Waals surface area contributed by atoms with Crippen LogP contribution < -0.4 is 16.0 Å². The number of rotatable bonds is 9. The van der Waals surface area contributed by atoms with Crippen LogP contribution in [0.25, 0.3) is 0 Å². The summed E-state index contributed by atoms with van der Waals surface area (Å²) in [6.07, 6.45) is 2.87. The van der Waals surface area contributed by atoms with Gasteiger partial charge in [0.25, 0.3) is 21.9 Å². The van der Waals surface area contributed by atoms with E-state index in [1.165, 1.54) is 16.8 Å². The van der Waals surface area contributed by atoms with Crippen LogP contribution in [0.15, 0.2) is 24.5 Å². The third-order valence-corrected chi connectivity index (χ3v) is 5.40. The largest absolute Gasteiger partial charge is 0.351 e. The lowest BCUT2D eigenvalue weighted by atomic mass is 10.3. The van der Waals surface area contributed by atoms with Gasteiger partial charge in [-0.3, -0.25) is 18.6 Å². The first-order valence-electron chi connectivity index (χ1n) is 9.06. The van der Waals surface area contributed by atoms with Crippen LogP contribution in [0.4, 0.5) is 11.4 Å². The molecule has 0 radical (unpaired) electrons. The van der Waals surface area contributed by atoms with Crippen LogP contribution in [0.2, 0.25) is 0 Å². The zero-order valence-electron chi connectivity index (χ0n) is 17.2. The molecule has 0 unspecified atom stereocenters. The van der Waals surface area contributed by atoms with Gasteiger partial charge in [-0.25, -0.2) is 0 Å². The molecule has 11 nitrogen and oxygen atoms in total. The van der Waals surface area contributed by atoms with Gasteiger partial charge in [-0.2, -0.15) is 8.42 Å². The molecule has 2 aromatic heterocycles. The fourth-order valence-electron chi connectivity index (χ4n) is 2.69. The van der Waals surface area contributed by atoms with Crippen molar-refractivity contribution in [1.82, 2.24) is 14.5 Å². The number of carbonyl (C=O) groups is 3. The van der Waals surface area contributed by atoms with Gasteiger partial charge >= 0.3 is 0 Å². The summed E-state index contributed by atoms with van der Waals surface area (Å²) in [6, 6.07) is 3.02. The number of aromatic nitrogens is 2. The predicted molar refractivity (Wildman–Crippen MR) is 111 cm³/mol. The van der Waals surface area contributed by atoms with Gasteiger partial charge in [-0.05, 0) is 19.1 Å². The average molecular weight is 439 g/mol. The van der Waals surface area contributed by atoms with Crippen molar-refractivity contribution in [3.63, 3.8) is 0 Å². The summed E-state index contributed by atoms with van der Waals surface area (Å²) in [6.45, 7) is 2.30. The standard InChI is InChI=1S/C18H25N5O6S/c1-5-19-17(25)14-9-13(11-22(14)2)21-18(26)15-8-12(10-23(15)3)20-16(24)6-7-30(27,28)29-4/h8-11H,5-7H2,1-4H3,(H,19,25)(H,20,24)(H,21,26). The van der Waals surface area contributed by atoms with E-state index < -0.39 is 27.7 Å². The first-order chi connectivity index (χ1) is 14.1. The van der Waals surface area contributed by atoms with E-state index in [1.54, 1.807) is 30.9 Å². The van der Waals surface area contributed by atoms with E-state index in [2.05, 4.69) is 20.1 Å². The van der Waals surface area contributed by atoms with Crippen LogP contribution in [0.1, 0.15) is 34.3 Å². The first-order valence-corrected chi connectivity index (χ1v) is 10.6. The molecule has 2 aromatic rings. The van der Waals surface area contributed by atoms with Gasteiger partial charge in [0, 0.05) is 39.5 Å². The molecule has 0 aliphatic rings. The van der Waals surface area contributed by atoms with Crippen LogP contribution in [0.3, 0.4) is 0 Å². The maximum absolute atomic E-state index is 12.6. The smallest absolute Gasteiger partial charge is 0.272 e. The Kier molecular flexibility index (Phi) is 7.40. The molecule has 30 heavy (non-hydrogen) atoms. The SMILES string of the molecule is CCNC(=O)c1cc(NC(=O)c2cc(NC(=O)CCS(=O)(=O)OC)cn2C)cn1C. The lowest BCUT2D eigenvalue weighted by Crippen LogP contribution is -2.24. The molecule has 0 aliphatic heterocycles. The van der Waals surface area contributed by atoms with Gasteiger partial charge in [0.15, 0.2) is 0 Å². The second-order valence-electron chi connectivity index (χ2n) is 6.49. The number of nitrogens with one attached hydrogen (secondary N) is 3. The highest BCUT2D eigenvalue weighted by atomic mass is 32.2. The van der Waals surface area contributed by atoms with Gasteiger partial charge < -0.3 is 25.1 Å². The Balaban J connectivity index is 2.04. The molecule has 0 aromatic carbocycles. The molecule has 164 valence electrons. The Labute approximate surface area is 174 Å². The van der Waals surface area contributed by atoms with Gasteiger partial charge in [-0.15, -0.1) is 0 Å². The van der Waals surface area contributed by atoms with Crippen LogP contribution in [-0.2, 0) is 33.2 Å². The minimum atomic E-state index is -3.73. The molecular formula is C18H25N5O6S. The van der Waals surface area contributed by atoms with Gasteiger partial charge in [0.2, 0.25) is 5.91 Å². The molecule has 0 fully saturated rings. The van der Waals surface area contributed by atoms with Crippen molar-refractivity contribution in [3.8, 4) is 0 Å². The number of amides is 3. The minimum Gasteiger partial charge on any atom is -0.351 e. The van der Waals surface area contributed by atoms with Crippen molar-refractivity contribution in [1.29, 1.82) is 0 Å². The predicted octanol–water partition coefficient (Wildman–Crippen LogP) is 0.670. The van der Waals surface area contributed by atoms with Crippen molar-refractivity contribution < 1.29 is 27.0 Å². The number of aryl methyl sites for hydroxylation is 2. The molecule has 0 bridgehead atoms. The van der Waals surface area contributed by atoms with E-state index in [9.17, 15) is 22.8 Å². The van der Waals surface area contributed by atoms with Gasteiger partial charge in [0.1, 0.15) is 11.4 Å². The van der Waals surface area contributed by atoms with Crippen molar-refractivity contribution in [2.45, 2.75) is 13.3 Å². The number of nitrogens with zero attached hydrogens (tertiary/aromatic N) is 2. The van der Waals surface area contributed by atoms with Crippen molar-refractivity contribution in [2.75, 3.05) is 30.0 Å². The number of anilines is 2. The summed E-state index contributed by atoms with van der Waals surface area (Å²) in [7, 11) is 0.624. The summed E-state index contributed by atoms with van der Waals surface area (Å²) >= 11 is 0.